The van der Waals surface area contributed by atoms with Crippen LogP contribution in [0.15, 0.2) is 35.3 Å². The fraction of sp³-hybridized carbons (Fsp3) is 0.385. The summed E-state index contributed by atoms with van der Waals surface area (Å²) in [7, 11) is 0. The molecule has 1 amide bonds. The molecule has 0 aliphatic carbocycles. The third kappa shape index (κ3) is 2.30. The minimum absolute atomic E-state index is 0.0166. The molecule has 0 saturated heterocycles. The molecule has 3 heterocycles. The molecular formula is C13H15N3O2. The molecule has 2 aromatic rings. The Bertz CT molecular complexity index is 530. The van der Waals surface area contributed by atoms with Crippen LogP contribution in [0.3, 0.4) is 0 Å². The number of nitrogens with zero attached hydrogens (tertiary/aromatic N) is 2. The average Bonchev–Trinajstić information content (AvgIpc) is 2.98. The lowest BCUT2D eigenvalue weighted by molar-refractivity contribution is -0.121. The third-order valence-electron chi connectivity index (χ3n) is 3.25. The number of imidazole rings is 1. The van der Waals surface area contributed by atoms with Crippen LogP contribution in [0.4, 0.5) is 0 Å². The molecule has 0 saturated carbocycles. The van der Waals surface area contributed by atoms with E-state index in [9.17, 15) is 4.79 Å². The van der Waals surface area contributed by atoms with Crippen molar-refractivity contribution in [3.8, 4) is 0 Å². The number of aromatic nitrogens is 2. The highest BCUT2D eigenvalue weighted by Gasteiger charge is 2.20. The molecule has 1 atom stereocenters. The van der Waals surface area contributed by atoms with Gasteiger partial charge in [-0.05, 0) is 18.6 Å². The van der Waals surface area contributed by atoms with Crippen LogP contribution < -0.4 is 5.32 Å². The van der Waals surface area contributed by atoms with Crippen molar-refractivity contribution in [2.45, 2.75) is 31.8 Å². The predicted octanol–water partition coefficient (Wildman–Crippen LogP) is 1.15. The van der Waals surface area contributed by atoms with Gasteiger partial charge in [0, 0.05) is 30.9 Å². The molecule has 1 unspecified atom stereocenters. The summed E-state index contributed by atoms with van der Waals surface area (Å²) >= 11 is 0. The molecule has 1 N–H and O–H groups in total. The summed E-state index contributed by atoms with van der Waals surface area (Å²) in [6.07, 6.45) is 7.41. The topological polar surface area (TPSA) is 60.1 Å². The van der Waals surface area contributed by atoms with E-state index < -0.39 is 0 Å². The molecule has 0 radical (unpaired) electrons. The lowest BCUT2D eigenvalue weighted by Gasteiger charge is -2.24. The third-order valence-corrected chi connectivity index (χ3v) is 3.25. The summed E-state index contributed by atoms with van der Waals surface area (Å²) in [5, 5.41) is 3.05. The van der Waals surface area contributed by atoms with Crippen LogP contribution in [-0.2, 0) is 24.2 Å². The van der Waals surface area contributed by atoms with E-state index in [2.05, 4.69) is 14.9 Å². The molecule has 0 fully saturated rings. The van der Waals surface area contributed by atoms with Gasteiger partial charge in [-0.15, -0.1) is 0 Å². The summed E-state index contributed by atoms with van der Waals surface area (Å²) in [5.74, 6) is 0.719. The van der Waals surface area contributed by atoms with E-state index in [1.807, 2.05) is 18.6 Å². The van der Waals surface area contributed by atoms with Crippen LogP contribution in [0.2, 0.25) is 0 Å². The molecule has 0 bridgehead atoms. The summed E-state index contributed by atoms with van der Waals surface area (Å²) < 4.78 is 7.30. The highest BCUT2D eigenvalue weighted by atomic mass is 16.3. The smallest absolute Gasteiger partial charge is 0.227 e. The molecule has 94 valence electrons. The van der Waals surface area contributed by atoms with Gasteiger partial charge >= 0.3 is 0 Å². The van der Waals surface area contributed by atoms with E-state index in [0.717, 1.165) is 19.4 Å². The van der Waals surface area contributed by atoms with Gasteiger partial charge in [-0.25, -0.2) is 4.98 Å². The maximum atomic E-state index is 11.8. The fourth-order valence-electron chi connectivity index (χ4n) is 2.34. The molecule has 18 heavy (non-hydrogen) atoms. The molecule has 3 rings (SSSR count). The largest absolute Gasteiger partial charge is 0.469 e. The summed E-state index contributed by atoms with van der Waals surface area (Å²) in [6.45, 7) is 0.918. The van der Waals surface area contributed by atoms with E-state index in [4.69, 9.17) is 4.42 Å². The van der Waals surface area contributed by atoms with E-state index in [0.29, 0.717) is 12.2 Å². The zero-order valence-electron chi connectivity index (χ0n) is 10.0. The quantitative estimate of drug-likeness (QED) is 0.882. The van der Waals surface area contributed by atoms with E-state index >= 15 is 0 Å². The Morgan fingerprint density at radius 2 is 2.56 bits per heavy atom. The predicted molar refractivity (Wildman–Crippen MR) is 64.9 cm³/mol. The standard InChI is InChI=1S/C13H15N3O2/c17-13(7-12-2-1-5-18-12)15-10-3-4-16-9-14-8-11(16)6-10/h1-2,5,8-10H,3-4,6-7H2,(H,15,17). The minimum atomic E-state index is 0.0166. The fourth-order valence-corrected chi connectivity index (χ4v) is 2.34. The van der Waals surface area contributed by atoms with E-state index in [-0.39, 0.29) is 11.9 Å². The molecule has 1 aliphatic heterocycles. The second kappa shape index (κ2) is 4.68. The van der Waals surface area contributed by atoms with Crippen molar-refractivity contribution in [2.75, 3.05) is 0 Å². The van der Waals surface area contributed by atoms with Gasteiger partial charge in [0.2, 0.25) is 5.91 Å². The highest BCUT2D eigenvalue weighted by Crippen LogP contribution is 2.14. The Hall–Kier alpha value is -2.04. The number of nitrogens with one attached hydrogen (secondary N) is 1. The zero-order valence-corrected chi connectivity index (χ0v) is 10.0. The number of hydrogen-bond donors (Lipinski definition) is 1. The molecule has 2 aromatic heterocycles. The SMILES string of the molecule is O=C(Cc1ccco1)NC1CCn2cncc2C1. The van der Waals surface area contributed by atoms with Gasteiger partial charge in [-0.2, -0.15) is 0 Å². The van der Waals surface area contributed by atoms with Crippen molar-refractivity contribution in [1.82, 2.24) is 14.9 Å². The average molecular weight is 245 g/mol. The van der Waals surface area contributed by atoms with E-state index in [1.54, 1.807) is 12.3 Å². The van der Waals surface area contributed by atoms with Gasteiger partial charge in [0.15, 0.2) is 0 Å². The van der Waals surface area contributed by atoms with Crippen LogP contribution in [0.5, 0.6) is 0 Å². The van der Waals surface area contributed by atoms with Crippen molar-refractivity contribution in [3.63, 3.8) is 0 Å². The molecule has 0 spiro atoms. The number of aryl methyl sites for hydroxylation is 1. The Labute approximate surface area is 105 Å². The first-order valence-electron chi connectivity index (χ1n) is 6.12. The molecule has 0 aromatic carbocycles. The van der Waals surface area contributed by atoms with Crippen molar-refractivity contribution < 1.29 is 9.21 Å². The number of fused-ring (bicyclic) bond motifs is 1. The Kier molecular flexibility index (Phi) is 2.88. The van der Waals surface area contributed by atoms with Crippen molar-refractivity contribution in [3.05, 3.63) is 42.4 Å². The number of hydrogen-bond acceptors (Lipinski definition) is 3. The van der Waals surface area contributed by atoms with Gasteiger partial charge in [-0.1, -0.05) is 0 Å². The van der Waals surface area contributed by atoms with Crippen LogP contribution in [0.25, 0.3) is 0 Å². The Balaban J connectivity index is 1.56. The van der Waals surface area contributed by atoms with Gasteiger partial charge in [0.25, 0.3) is 0 Å². The first-order chi connectivity index (χ1) is 8.81. The second-order valence-electron chi connectivity index (χ2n) is 4.59. The first kappa shape index (κ1) is 11.1. The van der Waals surface area contributed by atoms with Crippen LogP contribution in [0, 0.1) is 0 Å². The van der Waals surface area contributed by atoms with E-state index in [1.165, 1.54) is 5.69 Å². The molecule has 1 aliphatic rings. The molecule has 5 nitrogen and oxygen atoms in total. The van der Waals surface area contributed by atoms with Gasteiger partial charge < -0.3 is 14.3 Å². The van der Waals surface area contributed by atoms with Crippen LogP contribution in [0.1, 0.15) is 17.9 Å². The summed E-state index contributed by atoms with van der Waals surface area (Å²) in [5.41, 5.74) is 1.18. The van der Waals surface area contributed by atoms with Crippen molar-refractivity contribution >= 4 is 5.91 Å². The summed E-state index contributed by atoms with van der Waals surface area (Å²) in [6, 6.07) is 3.81. The Morgan fingerprint density at radius 1 is 1.61 bits per heavy atom. The number of carbonyl (C=O) groups is 1. The zero-order chi connectivity index (χ0) is 12.4. The van der Waals surface area contributed by atoms with Crippen molar-refractivity contribution in [2.24, 2.45) is 0 Å². The van der Waals surface area contributed by atoms with Crippen LogP contribution in [-0.4, -0.2) is 21.5 Å². The monoisotopic (exact) mass is 245 g/mol. The van der Waals surface area contributed by atoms with Gasteiger partial charge in [0.05, 0.1) is 19.0 Å². The maximum absolute atomic E-state index is 11.8. The normalized spacial score (nSPS) is 18.3. The van der Waals surface area contributed by atoms with Crippen molar-refractivity contribution in [1.29, 1.82) is 0 Å². The lowest BCUT2D eigenvalue weighted by atomic mass is 10.0. The Morgan fingerprint density at radius 3 is 3.39 bits per heavy atom. The number of rotatable bonds is 3. The van der Waals surface area contributed by atoms with Gasteiger partial charge in [-0.3, -0.25) is 4.79 Å². The van der Waals surface area contributed by atoms with Gasteiger partial charge in [0.1, 0.15) is 5.76 Å². The maximum Gasteiger partial charge on any atom is 0.227 e. The second-order valence-corrected chi connectivity index (χ2v) is 4.59. The molecular weight excluding hydrogens is 230 g/mol. The number of amides is 1. The van der Waals surface area contributed by atoms with Crippen LogP contribution >= 0.6 is 0 Å². The first-order valence-corrected chi connectivity index (χ1v) is 6.12. The number of furan rings is 1. The minimum Gasteiger partial charge on any atom is -0.469 e. The lowest BCUT2D eigenvalue weighted by Crippen LogP contribution is -2.40. The molecule has 5 heteroatoms. The highest BCUT2D eigenvalue weighted by molar-refractivity contribution is 5.78. The summed E-state index contributed by atoms with van der Waals surface area (Å²) in [4.78, 5) is 15.9. The number of carbonyl (C=O) groups excluding carboxylic acids is 1.